The number of phenolic OH excluding ortho intramolecular Hbond substituents is 3. The average molecular weight is 605 g/mol. The zero-order chi connectivity index (χ0) is 30.3. The number of carbonyl (C=O) groups excluding carboxylic acids is 4. The molecule has 0 aliphatic carbocycles. The van der Waals surface area contributed by atoms with Gasteiger partial charge >= 0.3 is 6.18 Å². The van der Waals surface area contributed by atoms with Crippen LogP contribution >= 0.6 is 11.8 Å². The van der Waals surface area contributed by atoms with Crippen LogP contribution in [0.3, 0.4) is 0 Å². The van der Waals surface area contributed by atoms with Gasteiger partial charge in [0, 0.05) is 24.3 Å². The van der Waals surface area contributed by atoms with E-state index in [1.165, 1.54) is 35.2 Å². The molecule has 1 fully saturated rings. The number of fused-ring (bicyclic) bond motifs is 1. The van der Waals surface area contributed by atoms with Gasteiger partial charge in [-0.3, -0.25) is 24.1 Å². The zero-order valence-electron chi connectivity index (χ0n) is 21.1. The fraction of sp³-hybridized carbons (Fsp3) is 0.200. The number of anilines is 1. The lowest BCUT2D eigenvalue weighted by molar-refractivity contribution is -0.148. The number of nitrogens with zero attached hydrogens (tertiary/aromatic N) is 5. The van der Waals surface area contributed by atoms with Gasteiger partial charge in [0.15, 0.2) is 17.2 Å². The first kappa shape index (κ1) is 28.6. The van der Waals surface area contributed by atoms with Crippen LogP contribution in [0.15, 0.2) is 41.3 Å². The smallest absolute Gasteiger partial charge is 0.451 e. The Morgan fingerprint density at radius 1 is 1.02 bits per heavy atom. The number of imide groups is 3. The number of alkyl halides is 3. The van der Waals surface area contributed by atoms with Gasteiger partial charge in [0.25, 0.3) is 23.0 Å². The van der Waals surface area contributed by atoms with E-state index in [0.717, 1.165) is 16.7 Å². The summed E-state index contributed by atoms with van der Waals surface area (Å²) in [5.74, 6) is -5.62. The molecule has 0 radical (unpaired) electrons. The summed E-state index contributed by atoms with van der Waals surface area (Å²) >= 11 is 0.548. The molecule has 2 aromatic carbocycles. The molecule has 0 saturated carbocycles. The van der Waals surface area contributed by atoms with E-state index in [1.54, 1.807) is 0 Å². The summed E-state index contributed by atoms with van der Waals surface area (Å²) in [5, 5.41) is 37.0. The number of hydrogen-bond acceptors (Lipinski definition) is 11. The average Bonchev–Trinajstić information content (AvgIpc) is 3.47. The van der Waals surface area contributed by atoms with Gasteiger partial charge in [-0.25, -0.2) is 4.90 Å². The largest absolute Gasteiger partial charge is 0.504 e. The number of phenols is 3. The monoisotopic (exact) mass is 604 g/mol. The van der Waals surface area contributed by atoms with Gasteiger partial charge in [-0.1, -0.05) is 12.1 Å². The first-order valence-corrected chi connectivity index (χ1v) is 12.8. The molecule has 3 heterocycles. The lowest BCUT2D eigenvalue weighted by Gasteiger charge is -2.27. The van der Waals surface area contributed by atoms with E-state index in [0.29, 0.717) is 27.9 Å². The van der Waals surface area contributed by atoms with Gasteiger partial charge < -0.3 is 25.2 Å². The number of carbonyl (C=O) groups is 4. The summed E-state index contributed by atoms with van der Waals surface area (Å²) in [6.45, 7) is -0.601. The lowest BCUT2D eigenvalue weighted by Crippen LogP contribution is -2.45. The summed E-state index contributed by atoms with van der Waals surface area (Å²) in [4.78, 5) is 52.5. The van der Waals surface area contributed by atoms with Crippen molar-refractivity contribution in [1.29, 1.82) is 0 Å². The maximum atomic E-state index is 13.0. The van der Waals surface area contributed by atoms with Crippen LogP contribution in [-0.4, -0.2) is 75.9 Å². The van der Waals surface area contributed by atoms with Crippen molar-refractivity contribution in [2.75, 3.05) is 18.4 Å². The first-order chi connectivity index (χ1) is 19.8. The third kappa shape index (κ3) is 5.64. The van der Waals surface area contributed by atoms with Crippen molar-refractivity contribution in [3.63, 3.8) is 0 Å². The van der Waals surface area contributed by atoms with Crippen LogP contribution < -0.4 is 5.32 Å². The number of halogens is 3. The number of aromatic nitrogens is 3. The molecule has 0 bridgehead atoms. The van der Waals surface area contributed by atoms with Gasteiger partial charge in [0.1, 0.15) is 5.82 Å². The summed E-state index contributed by atoms with van der Waals surface area (Å²) in [7, 11) is 0. The standard InChI is InChI=1S/C25H19F3N6O7S/c26-25(27,28)23-31-30-18-10-32(5-6-33(18)23)11-19(37)34-22(40)17(42-24(34)41)7-12-1-3-14(4-2-12)29-21(39)13-8-15(35)20(38)16(36)9-13/h1-4,7-9,35-36,38H,5-6,10-11H2,(H,29,39)/b17-7-. The van der Waals surface area contributed by atoms with Gasteiger partial charge in [-0.2, -0.15) is 13.2 Å². The van der Waals surface area contributed by atoms with Gasteiger partial charge in [0.05, 0.1) is 18.0 Å². The molecule has 1 saturated heterocycles. The molecule has 17 heteroatoms. The Bertz CT molecular complexity index is 1630. The van der Waals surface area contributed by atoms with Crippen molar-refractivity contribution in [2.24, 2.45) is 0 Å². The fourth-order valence-electron chi connectivity index (χ4n) is 4.25. The molecule has 0 atom stereocenters. The molecule has 218 valence electrons. The number of thioether (sulfide) groups is 1. The van der Waals surface area contributed by atoms with Gasteiger partial charge in [0.2, 0.25) is 5.82 Å². The van der Waals surface area contributed by atoms with E-state index in [2.05, 4.69) is 15.5 Å². The molecule has 4 N–H and O–H groups in total. The molecule has 42 heavy (non-hydrogen) atoms. The Kier molecular flexibility index (Phi) is 7.38. The Morgan fingerprint density at radius 3 is 2.33 bits per heavy atom. The zero-order valence-corrected chi connectivity index (χ0v) is 21.9. The van der Waals surface area contributed by atoms with Crippen LogP contribution in [0.2, 0.25) is 0 Å². The molecular weight excluding hydrogens is 585 g/mol. The highest BCUT2D eigenvalue weighted by Gasteiger charge is 2.42. The number of rotatable bonds is 5. The number of amides is 4. The van der Waals surface area contributed by atoms with Gasteiger partial charge in [-0.15, -0.1) is 10.2 Å². The SMILES string of the molecule is O=C(Nc1ccc(/C=C2\SC(=O)N(C(=O)CN3CCn4c(nnc4C(F)(F)F)C3)C2=O)cc1)c1cc(O)c(O)c(O)c1. The van der Waals surface area contributed by atoms with Crippen molar-refractivity contribution in [3.05, 3.63) is 64.1 Å². The fourth-order valence-corrected chi connectivity index (χ4v) is 5.09. The highest BCUT2D eigenvalue weighted by molar-refractivity contribution is 8.18. The minimum atomic E-state index is -4.67. The minimum absolute atomic E-state index is 0.00871. The summed E-state index contributed by atoms with van der Waals surface area (Å²) in [6.07, 6.45) is -3.29. The Morgan fingerprint density at radius 2 is 1.69 bits per heavy atom. The van der Waals surface area contributed by atoms with E-state index in [4.69, 9.17) is 0 Å². The molecule has 3 aromatic rings. The minimum Gasteiger partial charge on any atom is -0.504 e. The normalized spacial score (nSPS) is 16.6. The summed E-state index contributed by atoms with van der Waals surface area (Å²) in [6, 6.07) is 7.96. The van der Waals surface area contributed by atoms with Crippen molar-refractivity contribution < 1.29 is 47.7 Å². The Labute approximate surface area is 237 Å². The van der Waals surface area contributed by atoms with Crippen LogP contribution in [0.5, 0.6) is 17.2 Å². The topological polar surface area (TPSA) is 178 Å². The van der Waals surface area contributed by atoms with E-state index in [-0.39, 0.29) is 35.9 Å². The molecule has 4 amide bonds. The van der Waals surface area contributed by atoms with Gasteiger partial charge in [-0.05, 0) is 47.7 Å². The number of nitrogens with one attached hydrogen (secondary N) is 1. The second-order valence-electron chi connectivity index (χ2n) is 9.15. The Hall–Kier alpha value is -4.90. The molecule has 2 aliphatic heterocycles. The summed E-state index contributed by atoms with van der Waals surface area (Å²) < 4.78 is 40.1. The molecule has 0 spiro atoms. The number of benzene rings is 2. The lowest BCUT2D eigenvalue weighted by atomic mass is 10.1. The maximum Gasteiger partial charge on any atom is 0.451 e. The predicted octanol–water partition coefficient (Wildman–Crippen LogP) is 2.74. The first-order valence-electron chi connectivity index (χ1n) is 12.0. The second-order valence-corrected chi connectivity index (χ2v) is 10.1. The summed E-state index contributed by atoms with van der Waals surface area (Å²) in [5.41, 5.74) is 0.650. The number of hydrogen-bond donors (Lipinski definition) is 4. The van der Waals surface area contributed by atoms with Crippen LogP contribution in [0.4, 0.5) is 23.7 Å². The quantitative estimate of drug-likeness (QED) is 0.249. The Balaban J connectivity index is 1.21. The van der Waals surface area contributed by atoms with E-state index in [1.807, 2.05) is 0 Å². The van der Waals surface area contributed by atoms with Crippen molar-refractivity contribution >= 4 is 46.5 Å². The van der Waals surface area contributed by atoms with Crippen molar-refractivity contribution in [2.45, 2.75) is 19.3 Å². The third-order valence-electron chi connectivity index (χ3n) is 6.29. The van der Waals surface area contributed by atoms with E-state index < -0.39 is 58.8 Å². The second kappa shape index (κ2) is 10.8. The highest BCUT2D eigenvalue weighted by Crippen LogP contribution is 2.36. The van der Waals surface area contributed by atoms with Crippen LogP contribution in [0, 0.1) is 0 Å². The maximum absolute atomic E-state index is 13.0. The van der Waals surface area contributed by atoms with Crippen molar-refractivity contribution in [3.8, 4) is 17.2 Å². The highest BCUT2D eigenvalue weighted by atomic mass is 32.2. The predicted molar refractivity (Wildman–Crippen MR) is 139 cm³/mol. The molecule has 5 rings (SSSR count). The van der Waals surface area contributed by atoms with E-state index in [9.17, 15) is 47.7 Å². The van der Waals surface area contributed by atoms with Crippen LogP contribution in [0.1, 0.15) is 27.6 Å². The molecule has 2 aliphatic rings. The van der Waals surface area contributed by atoms with Crippen LogP contribution in [0.25, 0.3) is 6.08 Å². The van der Waals surface area contributed by atoms with Crippen molar-refractivity contribution in [1.82, 2.24) is 24.6 Å². The number of aromatic hydroxyl groups is 3. The molecule has 0 unspecified atom stereocenters. The molecule has 1 aromatic heterocycles. The molecular formula is C25H19F3N6O7S. The molecule has 13 nitrogen and oxygen atoms in total. The van der Waals surface area contributed by atoms with E-state index >= 15 is 0 Å². The van der Waals surface area contributed by atoms with Crippen LogP contribution in [-0.2, 0) is 28.9 Å². The third-order valence-corrected chi connectivity index (χ3v) is 7.16.